The molecule has 1 N–H and O–H groups in total. The molecule has 15 heavy (non-hydrogen) atoms. The summed E-state index contributed by atoms with van der Waals surface area (Å²) in [5.74, 6) is 1.12. The van der Waals surface area contributed by atoms with Crippen LogP contribution in [-0.4, -0.2) is 35.3 Å². The van der Waals surface area contributed by atoms with Gasteiger partial charge >= 0.3 is 0 Å². The van der Waals surface area contributed by atoms with E-state index in [1.54, 1.807) is 34.9 Å². The molecule has 86 valence electrons. The summed E-state index contributed by atoms with van der Waals surface area (Å²) in [4.78, 5) is 0. The zero-order chi connectivity index (χ0) is 10.9. The van der Waals surface area contributed by atoms with E-state index in [9.17, 15) is 0 Å². The zero-order valence-corrected chi connectivity index (χ0v) is 11.6. The van der Waals surface area contributed by atoms with Gasteiger partial charge in [0.05, 0.1) is 0 Å². The normalized spacial score (nSPS) is 10.8. The highest BCUT2D eigenvalue weighted by atomic mass is 32.2. The van der Waals surface area contributed by atoms with Crippen LogP contribution in [0.2, 0.25) is 0 Å². The Morgan fingerprint density at radius 2 is 2.07 bits per heavy atom. The predicted molar refractivity (Wildman–Crippen MR) is 70.2 cm³/mol. The average molecular weight is 263 g/mol. The van der Waals surface area contributed by atoms with E-state index in [1.807, 2.05) is 6.26 Å². The van der Waals surface area contributed by atoms with E-state index < -0.39 is 0 Å². The van der Waals surface area contributed by atoms with Crippen molar-refractivity contribution in [3.8, 4) is 0 Å². The molecule has 0 aliphatic rings. The molecule has 0 saturated heterocycles. The largest absolute Gasteiger partial charge is 0.317 e. The highest BCUT2D eigenvalue weighted by Gasteiger charge is 2.02. The third-order valence-corrected chi connectivity index (χ3v) is 4.83. The average Bonchev–Trinajstić information content (AvgIpc) is 2.71. The van der Waals surface area contributed by atoms with Crippen molar-refractivity contribution in [1.82, 2.24) is 15.5 Å². The summed E-state index contributed by atoms with van der Waals surface area (Å²) in [6.45, 7) is 4.42. The molecule has 3 nitrogen and oxygen atoms in total. The van der Waals surface area contributed by atoms with E-state index in [-0.39, 0.29) is 0 Å². The maximum atomic E-state index is 4.11. The van der Waals surface area contributed by atoms with Crippen molar-refractivity contribution in [3.63, 3.8) is 0 Å². The fraction of sp³-hybridized carbons (Fsp3) is 0.778. The van der Waals surface area contributed by atoms with Crippen LogP contribution in [0.3, 0.4) is 0 Å². The van der Waals surface area contributed by atoms with Crippen molar-refractivity contribution in [2.24, 2.45) is 0 Å². The molecule has 0 aromatic carbocycles. The van der Waals surface area contributed by atoms with Crippen molar-refractivity contribution in [3.05, 3.63) is 0 Å². The Labute approximate surface area is 104 Å². The molecular weight excluding hydrogens is 246 g/mol. The zero-order valence-electron chi connectivity index (χ0n) is 9.15. The molecule has 1 aromatic heterocycles. The van der Waals surface area contributed by atoms with Gasteiger partial charge in [-0.05, 0) is 32.2 Å². The monoisotopic (exact) mass is 263 g/mol. The van der Waals surface area contributed by atoms with E-state index in [1.165, 1.54) is 12.8 Å². The molecular formula is C9H17N3S3. The van der Waals surface area contributed by atoms with Crippen LogP contribution in [-0.2, 0) is 0 Å². The number of thioether (sulfide) groups is 2. The first-order valence-corrected chi connectivity index (χ1v) is 8.10. The Hall–Kier alpha value is 0.220. The van der Waals surface area contributed by atoms with E-state index in [0.29, 0.717) is 0 Å². The lowest BCUT2D eigenvalue weighted by molar-refractivity contribution is 0.664. The Kier molecular flexibility index (Phi) is 7.42. The second-order valence-electron chi connectivity index (χ2n) is 2.99. The van der Waals surface area contributed by atoms with Crippen LogP contribution in [0.4, 0.5) is 0 Å². The number of nitrogens with zero attached hydrogens (tertiary/aromatic N) is 2. The first kappa shape index (κ1) is 13.3. The fourth-order valence-corrected chi connectivity index (χ4v) is 3.44. The Morgan fingerprint density at radius 3 is 2.73 bits per heavy atom. The van der Waals surface area contributed by atoms with Gasteiger partial charge in [0.15, 0.2) is 8.68 Å². The summed E-state index contributed by atoms with van der Waals surface area (Å²) < 4.78 is 2.15. The first-order chi connectivity index (χ1) is 7.36. The summed E-state index contributed by atoms with van der Waals surface area (Å²) in [6.07, 6.45) is 4.43. The lowest BCUT2D eigenvalue weighted by Gasteiger charge is -2.00. The summed E-state index contributed by atoms with van der Waals surface area (Å²) in [5, 5.41) is 11.6. The van der Waals surface area contributed by atoms with Crippen molar-refractivity contribution < 1.29 is 0 Å². The van der Waals surface area contributed by atoms with E-state index in [0.717, 1.165) is 27.5 Å². The molecule has 1 aromatic rings. The molecule has 0 saturated carbocycles. The molecule has 0 spiro atoms. The summed E-state index contributed by atoms with van der Waals surface area (Å²) >= 11 is 5.15. The predicted octanol–water partition coefficient (Wildman–Crippen LogP) is 2.74. The number of hydrogen-bond acceptors (Lipinski definition) is 6. The van der Waals surface area contributed by atoms with Gasteiger partial charge in [-0.2, -0.15) is 0 Å². The second kappa shape index (κ2) is 8.38. The summed E-state index contributed by atoms with van der Waals surface area (Å²) in [7, 11) is 0. The number of nitrogens with one attached hydrogen (secondary N) is 1. The molecule has 0 unspecified atom stereocenters. The molecule has 0 radical (unpaired) electrons. The van der Waals surface area contributed by atoms with Crippen molar-refractivity contribution >= 4 is 34.9 Å². The highest BCUT2D eigenvalue weighted by Crippen LogP contribution is 2.27. The molecule has 1 heterocycles. The highest BCUT2D eigenvalue weighted by molar-refractivity contribution is 8.02. The fourth-order valence-electron chi connectivity index (χ4n) is 0.996. The third kappa shape index (κ3) is 5.75. The van der Waals surface area contributed by atoms with Gasteiger partial charge in [0.1, 0.15) is 0 Å². The van der Waals surface area contributed by atoms with Crippen LogP contribution in [0.1, 0.15) is 19.8 Å². The maximum absolute atomic E-state index is 4.11. The van der Waals surface area contributed by atoms with Crippen LogP contribution in [0.15, 0.2) is 8.68 Å². The van der Waals surface area contributed by atoms with Gasteiger partial charge in [-0.25, -0.2) is 0 Å². The van der Waals surface area contributed by atoms with Crippen LogP contribution in [0.25, 0.3) is 0 Å². The topological polar surface area (TPSA) is 37.8 Å². The van der Waals surface area contributed by atoms with Crippen molar-refractivity contribution in [2.45, 2.75) is 28.4 Å². The standard InChI is InChI=1S/C9H17N3S3/c1-3-5-10-6-4-7-14-9-12-11-8(13-2)15-9/h10H,3-7H2,1-2H3. The van der Waals surface area contributed by atoms with Gasteiger partial charge in [0.25, 0.3) is 0 Å². The minimum absolute atomic E-state index is 1.06. The van der Waals surface area contributed by atoms with Gasteiger partial charge in [0.2, 0.25) is 0 Å². The minimum atomic E-state index is 1.06. The third-order valence-electron chi connectivity index (χ3n) is 1.71. The summed E-state index contributed by atoms with van der Waals surface area (Å²) in [6, 6.07) is 0. The first-order valence-electron chi connectivity index (χ1n) is 5.07. The number of aromatic nitrogens is 2. The molecule has 0 fully saturated rings. The molecule has 0 amide bonds. The molecule has 1 rings (SSSR count). The molecule has 0 atom stereocenters. The Balaban J connectivity index is 2.04. The molecule has 0 bridgehead atoms. The number of hydrogen-bond donors (Lipinski definition) is 1. The van der Waals surface area contributed by atoms with Crippen LogP contribution >= 0.6 is 34.9 Å². The van der Waals surface area contributed by atoms with Crippen molar-refractivity contribution in [2.75, 3.05) is 25.1 Å². The van der Waals surface area contributed by atoms with Gasteiger partial charge in [-0.3, -0.25) is 0 Å². The van der Waals surface area contributed by atoms with Gasteiger partial charge in [-0.15, -0.1) is 10.2 Å². The quantitative estimate of drug-likeness (QED) is 0.576. The minimum Gasteiger partial charge on any atom is -0.317 e. The lowest BCUT2D eigenvalue weighted by atomic mass is 10.4. The number of rotatable bonds is 8. The second-order valence-corrected chi connectivity index (χ2v) is 6.36. The SMILES string of the molecule is CCCNCCCSc1nnc(SC)s1. The van der Waals surface area contributed by atoms with Gasteiger partial charge in [0, 0.05) is 5.75 Å². The molecule has 0 aliphatic heterocycles. The maximum Gasteiger partial charge on any atom is 0.175 e. The van der Waals surface area contributed by atoms with Crippen LogP contribution < -0.4 is 5.32 Å². The molecule has 0 aliphatic carbocycles. The smallest absolute Gasteiger partial charge is 0.175 e. The van der Waals surface area contributed by atoms with Crippen LogP contribution in [0, 0.1) is 0 Å². The van der Waals surface area contributed by atoms with E-state index in [2.05, 4.69) is 22.4 Å². The van der Waals surface area contributed by atoms with E-state index >= 15 is 0 Å². The lowest BCUT2D eigenvalue weighted by Crippen LogP contribution is -2.16. The van der Waals surface area contributed by atoms with Crippen molar-refractivity contribution in [1.29, 1.82) is 0 Å². The van der Waals surface area contributed by atoms with Gasteiger partial charge < -0.3 is 5.32 Å². The van der Waals surface area contributed by atoms with Crippen LogP contribution in [0.5, 0.6) is 0 Å². The Bertz CT molecular complexity index is 265. The van der Waals surface area contributed by atoms with E-state index in [4.69, 9.17) is 0 Å². The van der Waals surface area contributed by atoms with Gasteiger partial charge in [-0.1, -0.05) is 41.8 Å². The Morgan fingerprint density at radius 1 is 1.27 bits per heavy atom. The molecule has 6 heteroatoms. The summed E-state index contributed by atoms with van der Waals surface area (Å²) in [5.41, 5.74) is 0.